The van der Waals surface area contributed by atoms with E-state index in [9.17, 15) is 35.5 Å². The Morgan fingerprint density at radius 3 is 1.47 bits per heavy atom. The molecule has 0 aromatic rings. The Morgan fingerprint density at radius 1 is 0.882 bits per heavy atom. The van der Waals surface area contributed by atoms with E-state index in [2.05, 4.69) is 4.74 Å². The summed E-state index contributed by atoms with van der Waals surface area (Å²) in [5.74, 6) is -7.86. The molecule has 0 amide bonds. The first-order valence-electron chi connectivity index (χ1n) is 4.14. The second kappa shape index (κ2) is 4.02. The third kappa shape index (κ3) is 2.19. The van der Waals surface area contributed by atoms with Crippen molar-refractivity contribution in [3.63, 3.8) is 0 Å². The van der Waals surface area contributed by atoms with Crippen LogP contribution in [0.2, 0.25) is 0 Å². The highest BCUT2D eigenvalue weighted by Gasteiger charge is 2.76. The summed E-state index contributed by atoms with van der Waals surface area (Å²) in [4.78, 5) is 10.5. The van der Waals surface area contributed by atoms with Gasteiger partial charge in [0, 0.05) is 0 Å². The Bertz CT molecular complexity index is 305. The van der Waals surface area contributed by atoms with Crippen molar-refractivity contribution >= 4 is 5.97 Å². The summed E-state index contributed by atoms with van der Waals surface area (Å²) >= 11 is 0. The van der Waals surface area contributed by atoms with Crippen LogP contribution in [0.1, 0.15) is 13.8 Å². The standard InChI is InChI=1S/C8H9F7O2/c1-5(9,6(2,10)8(13,14)15)7(11,12)4(16)17-3/h1-3H3. The van der Waals surface area contributed by atoms with Crippen LogP contribution in [-0.4, -0.2) is 36.5 Å². The average Bonchev–Trinajstić information content (AvgIpc) is 2.13. The maximum Gasteiger partial charge on any atom is 0.425 e. The van der Waals surface area contributed by atoms with Crippen LogP contribution < -0.4 is 0 Å². The number of halogens is 7. The van der Waals surface area contributed by atoms with Crippen molar-refractivity contribution in [2.45, 2.75) is 37.3 Å². The van der Waals surface area contributed by atoms with Gasteiger partial charge in [-0.05, 0) is 13.8 Å². The number of carbonyl (C=O) groups is 1. The normalized spacial score (nSPS) is 20.4. The Hall–Kier alpha value is -1.02. The van der Waals surface area contributed by atoms with Crippen molar-refractivity contribution in [2.24, 2.45) is 0 Å². The molecule has 0 aliphatic heterocycles. The number of hydrogen-bond donors (Lipinski definition) is 0. The van der Waals surface area contributed by atoms with Gasteiger partial charge in [0.15, 0.2) is 0 Å². The molecule has 2 atom stereocenters. The van der Waals surface area contributed by atoms with Crippen molar-refractivity contribution in [3.05, 3.63) is 0 Å². The maximum absolute atomic E-state index is 13.4. The van der Waals surface area contributed by atoms with E-state index in [1.165, 1.54) is 0 Å². The minimum atomic E-state index is -5.91. The van der Waals surface area contributed by atoms with Crippen LogP contribution >= 0.6 is 0 Å². The fourth-order valence-corrected chi connectivity index (χ4v) is 0.881. The lowest BCUT2D eigenvalue weighted by molar-refractivity contribution is -0.300. The smallest absolute Gasteiger partial charge is 0.425 e. The summed E-state index contributed by atoms with van der Waals surface area (Å²) in [6.07, 6.45) is -5.91. The van der Waals surface area contributed by atoms with Crippen molar-refractivity contribution in [3.8, 4) is 0 Å². The summed E-state index contributed by atoms with van der Waals surface area (Å²) in [6, 6.07) is 0. The first kappa shape index (κ1) is 16.0. The maximum atomic E-state index is 13.4. The van der Waals surface area contributed by atoms with Crippen molar-refractivity contribution < 1.29 is 40.3 Å². The second-order valence-electron chi connectivity index (χ2n) is 3.57. The number of esters is 1. The lowest BCUT2D eigenvalue weighted by Crippen LogP contribution is -2.65. The van der Waals surface area contributed by atoms with E-state index in [0.717, 1.165) is 0 Å². The molecule has 0 aromatic heterocycles. The van der Waals surface area contributed by atoms with E-state index in [4.69, 9.17) is 0 Å². The van der Waals surface area contributed by atoms with Crippen molar-refractivity contribution in [1.82, 2.24) is 0 Å². The molecule has 9 heteroatoms. The first-order chi connectivity index (χ1) is 7.23. The molecule has 0 aliphatic rings. The largest absolute Gasteiger partial charge is 0.464 e. The van der Waals surface area contributed by atoms with Crippen molar-refractivity contribution in [2.75, 3.05) is 7.11 Å². The summed E-state index contributed by atoms with van der Waals surface area (Å²) in [5.41, 5.74) is -9.72. The summed E-state index contributed by atoms with van der Waals surface area (Å²) in [7, 11) is 0.412. The van der Waals surface area contributed by atoms with Crippen LogP contribution in [0.4, 0.5) is 30.7 Å². The van der Waals surface area contributed by atoms with Gasteiger partial charge in [0.25, 0.3) is 0 Å². The predicted octanol–water partition coefficient (Wildman–Crippen LogP) is 2.81. The van der Waals surface area contributed by atoms with Gasteiger partial charge in [0.2, 0.25) is 11.3 Å². The minimum absolute atomic E-state index is 0.350. The van der Waals surface area contributed by atoms with Gasteiger partial charge >= 0.3 is 18.1 Å². The van der Waals surface area contributed by atoms with E-state index in [0.29, 0.717) is 7.11 Å². The molecular formula is C8H9F7O2. The van der Waals surface area contributed by atoms with Gasteiger partial charge in [-0.15, -0.1) is 0 Å². The summed E-state index contributed by atoms with van der Waals surface area (Å²) in [5, 5.41) is 0. The number of carbonyl (C=O) groups excluding carboxylic acids is 1. The van der Waals surface area contributed by atoms with Gasteiger partial charge in [-0.2, -0.15) is 22.0 Å². The highest BCUT2D eigenvalue weighted by Crippen LogP contribution is 2.50. The zero-order valence-corrected chi connectivity index (χ0v) is 8.96. The highest BCUT2D eigenvalue weighted by molar-refractivity contribution is 5.79. The minimum Gasteiger partial charge on any atom is -0.464 e. The van der Waals surface area contributed by atoms with Crippen LogP contribution in [0.15, 0.2) is 0 Å². The molecule has 0 heterocycles. The van der Waals surface area contributed by atoms with Gasteiger partial charge in [-0.1, -0.05) is 0 Å². The van der Waals surface area contributed by atoms with Gasteiger partial charge in [0.1, 0.15) is 0 Å². The predicted molar refractivity (Wildman–Crippen MR) is 42.0 cm³/mol. The Labute approximate surface area is 91.7 Å². The molecule has 17 heavy (non-hydrogen) atoms. The SMILES string of the molecule is COC(=O)C(F)(F)C(C)(F)C(C)(F)C(F)(F)F. The van der Waals surface area contributed by atoms with Crippen LogP contribution in [0.3, 0.4) is 0 Å². The highest BCUT2D eigenvalue weighted by atomic mass is 19.4. The van der Waals surface area contributed by atoms with Crippen LogP contribution in [0.5, 0.6) is 0 Å². The molecule has 0 fully saturated rings. The molecule has 0 aliphatic carbocycles. The van der Waals surface area contributed by atoms with Gasteiger partial charge < -0.3 is 4.74 Å². The number of ether oxygens (including phenoxy) is 1. The molecule has 2 unspecified atom stereocenters. The molecule has 0 aromatic carbocycles. The number of hydrogen-bond acceptors (Lipinski definition) is 2. The average molecular weight is 270 g/mol. The molecular weight excluding hydrogens is 261 g/mol. The molecule has 102 valence electrons. The molecule has 0 saturated heterocycles. The van der Waals surface area contributed by atoms with E-state index < -0.39 is 36.3 Å². The van der Waals surface area contributed by atoms with E-state index in [-0.39, 0.29) is 6.92 Å². The molecule has 0 rings (SSSR count). The van der Waals surface area contributed by atoms with Gasteiger partial charge in [-0.3, -0.25) is 0 Å². The Kier molecular flexibility index (Phi) is 3.78. The summed E-state index contributed by atoms with van der Waals surface area (Å²) < 4.78 is 92.5. The van der Waals surface area contributed by atoms with Crippen LogP contribution in [0.25, 0.3) is 0 Å². The van der Waals surface area contributed by atoms with Crippen LogP contribution in [0, 0.1) is 0 Å². The molecule has 0 radical (unpaired) electrons. The number of alkyl halides is 7. The topological polar surface area (TPSA) is 26.3 Å². The lowest BCUT2D eigenvalue weighted by Gasteiger charge is -2.38. The zero-order valence-electron chi connectivity index (χ0n) is 8.96. The molecule has 2 nitrogen and oxygen atoms in total. The lowest BCUT2D eigenvalue weighted by atomic mass is 9.83. The Morgan fingerprint density at radius 2 is 1.24 bits per heavy atom. The molecule has 0 spiro atoms. The van der Waals surface area contributed by atoms with E-state index in [1.807, 2.05) is 0 Å². The van der Waals surface area contributed by atoms with Gasteiger partial charge in [0.05, 0.1) is 7.11 Å². The number of methoxy groups -OCH3 is 1. The third-order valence-corrected chi connectivity index (χ3v) is 2.45. The van der Waals surface area contributed by atoms with E-state index >= 15 is 0 Å². The molecule has 0 N–H and O–H groups in total. The summed E-state index contributed by atoms with van der Waals surface area (Å²) in [6.45, 7) is -0.763. The van der Waals surface area contributed by atoms with Crippen molar-refractivity contribution in [1.29, 1.82) is 0 Å². The molecule has 0 saturated carbocycles. The zero-order chi connectivity index (χ0) is 14.3. The first-order valence-corrected chi connectivity index (χ1v) is 4.14. The molecule has 0 bridgehead atoms. The fraction of sp³-hybridized carbons (Fsp3) is 0.875. The Balaban J connectivity index is 5.63. The third-order valence-electron chi connectivity index (χ3n) is 2.45. The van der Waals surface area contributed by atoms with Crippen LogP contribution in [-0.2, 0) is 9.53 Å². The second-order valence-corrected chi connectivity index (χ2v) is 3.57. The van der Waals surface area contributed by atoms with E-state index in [1.54, 1.807) is 0 Å². The number of rotatable bonds is 3. The quantitative estimate of drug-likeness (QED) is 0.582. The van der Waals surface area contributed by atoms with Gasteiger partial charge in [-0.25, -0.2) is 13.6 Å². The fourth-order valence-electron chi connectivity index (χ4n) is 0.881. The monoisotopic (exact) mass is 270 g/mol.